The average Bonchev–Trinajstić information content (AvgIpc) is 2.34. The third kappa shape index (κ3) is 5.22. The molecule has 1 N–H and O–H groups in total. The highest BCUT2D eigenvalue weighted by Gasteiger charge is 2.08. The number of alkyl halides is 1. The monoisotopic (exact) mass is 383 g/mol. The van der Waals surface area contributed by atoms with Crippen molar-refractivity contribution in [2.75, 3.05) is 33.5 Å². The summed E-state index contributed by atoms with van der Waals surface area (Å²) in [5.74, 6) is 0.633. The van der Waals surface area contributed by atoms with Crippen LogP contribution < -0.4 is 10.1 Å². The summed E-state index contributed by atoms with van der Waals surface area (Å²) in [5, 5.41) is 3.25. The molecule has 0 amide bonds. The first-order chi connectivity index (χ1) is 8.69. The van der Waals surface area contributed by atoms with Crippen LogP contribution in [0.5, 0.6) is 5.75 Å². The van der Waals surface area contributed by atoms with Crippen LogP contribution in [-0.4, -0.2) is 33.5 Å². The maximum absolute atomic E-state index is 12.1. The lowest BCUT2D eigenvalue weighted by molar-refractivity contribution is 0.199. The van der Waals surface area contributed by atoms with Gasteiger partial charge in [-0.3, -0.25) is 0 Å². The van der Waals surface area contributed by atoms with E-state index in [2.05, 4.69) is 37.2 Å². The molecule has 3 nitrogen and oxygen atoms in total. The molecule has 1 aromatic carbocycles. The van der Waals surface area contributed by atoms with E-state index >= 15 is 0 Å². The van der Waals surface area contributed by atoms with Crippen LogP contribution in [0.4, 0.5) is 4.39 Å². The van der Waals surface area contributed by atoms with Gasteiger partial charge in [-0.2, -0.15) is 0 Å². The fourth-order valence-electron chi connectivity index (χ4n) is 1.40. The van der Waals surface area contributed by atoms with Gasteiger partial charge in [-0.15, -0.1) is 0 Å². The first kappa shape index (κ1) is 15.9. The Bertz CT molecular complexity index is 354. The number of ether oxygens (including phenoxy) is 2. The molecule has 0 saturated carbocycles. The summed E-state index contributed by atoms with van der Waals surface area (Å²) in [4.78, 5) is 0. The van der Waals surface area contributed by atoms with Crippen molar-refractivity contribution in [3.63, 3.8) is 0 Å². The number of rotatable bonds is 8. The molecule has 102 valence electrons. The molecule has 1 aromatic rings. The highest BCUT2D eigenvalue weighted by Crippen LogP contribution is 2.34. The second-order valence-corrected chi connectivity index (χ2v) is 5.30. The lowest BCUT2D eigenvalue weighted by atomic mass is 10.2. The number of hydrogen-bond donors (Lipinski definition) is 1. The summed E-state index contributed by atoms with van der Waals surface area (Å²) >= 11 is 6.84. The highest BCUT2D eigenvalue weighted by atomic mass is 79.9. The summed E-state index contributed by atoms with van der Waals surface area (Å²) in [6, 6.07) is 3.91. The molecule has 0 aliphatic heterocycles. The first-order valence-electron chi connectivity index (χ1n) is 5.55. The summed E-state index contributed by atoms with van der Waals surface area (Å²) in [6.45, 7) is 1.78. The second-order valence-electron chi connectivity index (χ2n) is 3.60. The van der Waals surface area contributed by atoms with Gasteiger partial charge in [0.25, 0.3) is 0 Å². The van der Waals surface area contributed by atoms with Gasteiger partial charge in [0.05, 0.1) is 15.6 Å². The van der Waals surface area contributed by atoms with Crippen molar-refractivity contribution in [2.24, 2.45) is 0 Å². The van der Waals surface area contributed by atoms with Gasteiger partial charge in [0.1, 0.15) is 19.0 Å². The van der Waals surface area contributed by atoms with Crippen molar-refractivity contribution in [2.45, 2.75) is 6.54 Å². The molecule has 0 unspecified atom stereocenters. The number of benzene rings is 1. The predicted molar refractivity (Wildman–Crippen MR) is 76.9 cm³/mol. The van der Waals surface area contributed by atoms with Gasteiger partial charge >= 0.3 is 0 Å². The Labute approximate surface area is 123 Å². The Kier molecular flexibility index (Phi) is 7.81. The summed E-state index contributed by atoms with van der Waals surface area (Å²) in [7, 11) is 1.67. The standard InChI is InChI=1S/C12H16Br2FNO2/c1-17-5-3-16-8-9-6-10(13)12(11(14)7-9)18-4-2-15/h6-7,16H,2-5,8H2,1H3. The lowest BCUT2D eigenvalue weighted by Gasteiger charge is -2.11. The lowest BCUT2D eigenvalue weighted by Crippen LogP contribution is -2.18. The van der Waals surface area contributed by atoms with E-state index in [0.29, 0.717) is 12.4 Å². The highest BCUT2D eigenvalue weighted by molar-refractivity contribution is 9.11. The van der Waals surface area contributed by atoms with Crippen molar-refractivity contribution in [3.05, 3.63) is 26.6 Å². The quantitative estimate of drug-likeness (QED) is 0.697. The van der Waals surface area contributed by atoms with Crippen LogP contribution in [0.2, 0.25) is 0 Å². The molecule has 0 atom stereocenters. The Morgan fingerprint density at radius 3 is 2.44 bits per heavy atom. The molecule has 0 aromatic heterocycles. The van der Waals surface area contributed by atoms with Crippen LogP contribution in [0, 0.1) is 0 Å². The maximum atomic E-state index is 12.1. The molecule has 0 heterocycles. The predicted octanol–water partition coefficient (Wildman–Crippen LogP) is 3.30. The Morgan fingerprint density at radius 1 is 1.22 bits per heavy atom. The molecule has 0 fully saturated rings. The SMILES string of the molecule is COCCNCc1cc(Br)c(OCCF)c(Br)c1. The van der Waals surface area contributed by atoms with Gasteiger partial charge in [-0.25, -0.2) is 4.39 Å². The smallest absolute Gasteiger partial charge is 0.147 e. The van der Waals surface area contributed by atoms with Crippen LogP contribution in [-0.2, 0) is 11.3 Å². The summed E-state index contributed by atoms with van der Waals surface area (Å²) in [5.41, 5.74) is 1.11. The average molecular weight is 385 g/mol. The molecule has 0 bridgehead atoms. The van der Waals surface area contributed by atoms with Gasteiger partial charge in [0.2, 0.25) is 0 Å². The molecule has 0 saturated heterocycles. The molecule has 1 rings (SSSR count). The molecule has 0 spiro atoms. The Morgan fingerprint density at radius 2 is 1.89 bits per heavy atom. The zero-order valence-corrected chi connectivity index (χ0v) is 13.3. The van der Waals surface area contributed by atoms with Crippen LogP contribution in [0.3, 0.4) is 0 Å². The zero-order valence-electron chi connectivity index (χ0n) is 10.1. The van der Waals surface area contributed by atoms with Crippen LogP contribution in [0.1, 0.15) is 5.56 Å². The molecular weight excluding hydrogens is 369 g/mol. The minimum atomic E-state index is -0.501. The largest absolute Gasteiger partial charge is 0.488 e. The molecule has 6 heteroatoms. The molecule has 0 aliphatic rings. The number of nitrogens with one attached hydrogen (secondary N) is 1. The van der Waals surface area contributed by atoms with E-state index in [1.54, 1.807) is 7.11 Å². The Hall–Kier alpha value is -0.170. The minimum absolute atomic E-state index is 0.0582. The molecule has 0 aliphatic carbocycles. The van der Waals surface area contributed by atoms with Gasteiger partial charge in [0.15, 0.2) is 0 Å². The third-order valence-electron chi connectivity index (χ3n) is 2.19. The number of methoxy groups -OCH3 is 1. The van der Waals surface area contributed by atoms with E-state index in [0.717, 1.165) is 27.6 Å². The number of hydrogen-bond acceptors (Lipinski definition) is 3. The van der Waals surface area contributed by atoms with Gasteiger partial charge in [0, 0.05) is 20.2 Å². The van der Waals surface area contributed by atoms with Crippen molar-refractivity contribution in [1.82, 2.24) is 5.32 Å². The normalized spacial score (nSPS) is 10.7. The first-order valence-corrected chi connectivity index (χ1v) is 7.14. The minimum Gasteiger partial charge on any atom is -0.488 e. The van der Waals surface area contributed by atoms with Gasteiger partial charge < -0.3 is 14.8 Å². The van der Waals surface area contributed by atoms with Crippen LogP contribution in [0.15, 0.2) is 21.1 Å². The van der Waals surface area contributed by atoms with E-state index in [-0.39, 0.29) is 6.61 Å². The molecular formula is C12H16Br2FNO2. The van der Waals surface area contributed by atoms with E-state index in [4.69, 9.17) is 9.47 Å². The Balaban J connectivity index is 2.61. The van der Waals surface area contributed by atoms with Crippen molar-refractivity contribution < 1.29 is 13.9 Å². The molecule has 0 radical (unpaired) electrons. The number of halogens is 3. The van der Waals surface area contributed by atoms with E-state index < -0.39 is 6.67 Å². The fraction of sp³-hybridized carbons (Fsp3) is 0.500. The zero-order chi connectivity index (χ0) is 13.4. The van der Waals surface area contributed by atoms with E-state index in [9.17, 15) is 4.39 Å². The second kappa shape index (κ2) is 8.85. The fourth-order valence-corrected chi connectivity index (χ4v) is 2.91. The summed E-state index contributed by atoms with van der Waals surface area (Å²) in [6.07, 6.45) is 0. The van der Waals surface area contributed by atoms with Crippen LogP contribution >= 0.6 is 31.9 Å². The molecule has 18 heavy (non-hydrogen) atoms. The maximum Gasteiger partial charge on any atom is 0.147 e. The van der Waals surface area contributed by atoms with Crippen molar-refractivity contribution in [3.8, 4) is 5.75 Å². The third-order valence-corrected chi connectivity index (χ3v) is 3.37. The van der Waals surface area contributed by atoms with Gasteiger partial charge in [-0.05, 0) is 49.6 Å². The van der Waals surface area contributed by atoms with Crippen molar-refractivity contribution >= 4 is 31.9 Å². The van der Waals surface area contributed by atoms with Crippen LogP contribution in [0.25, 0.3) is 0 Å². The summed E-state index contributed by atoms with van der Waals surface area (Å²) < 4.78 is 24.0. The van der Waals surface area contributed by atoms with Crippen molar-refractivity contribution in [1.29, 1.82) is 0 Å². The van der Waals surface area contributed by atoms with Gasteiger partial charge in [-0.1, -0.05) is 0 Å². The topological polar surface area (TPSA) is 30.5 Å². The van der Waals surface area contributed by atoms with E-state index in [1.165, 1.54) is 0 Å². The van der Waals surface area contributed by atoms with E-state index in [1.807, 2.05) is 12.1 Å².